The maximum absolute atomic E-state index is 9.75. The lowest BCUT2D eigenvalue weighted by Gasteiger charge is -2.29. The van der Waals surface area contributed by atoms with E-state index in [0.717, 1.165) is 5.92 Å². The van der Waals surface area contributed by atoms with Crippen LogP contribution in [-0.4, -0.2) is 18.5 Å². The van der Waals surface area contributed by atoms with Gasteiger partial charge in [-0.3, -0.25) is 0 Å². The average Bonchev–Trinajstić information content (AvgIpc) is 3.15. The smallest absolute Gasteiger partial charge is 0.418 e. The van der Waals surface area contributed by atoms with Crippen LogP contribution in [0.5, 0.6) is 0 Å². The number of allylic oxidation sites excluding steroid dienone is 7. The molecule has 2 aliphatic carbocycles. The molecule has 156 valence electrons. The SMILES string of the molecule is CC1=C(C)/C(=C2/C=C3C=C(c4[nH]cc(C)c4C)CCC3CC2)[NH+]=C1.F[B-](F)(F)F. The molecule has 0 aromatic carbocycles. The number of H-pyrrole nitrogens is 1. The standard InChI is InChI=1S/C22H26N2.BF4/c1-13-11-23-21(15(13)3)18-7-5-17-6-8-19(10-20(17)9-18)22-16(4)14(2)12-24-22;2-1(3,4)5/h9-12,17,23H,5-8H2,1-4H3;/q;-1/p+1/b22-19-;. The van der Waals surface area contributed by atoms with Crippen molar-refractivity contribution < 1.29 is 22.3 Å². The van der Waals surface area contributed by atoms with Crippen LogP contribution in [0.4, 0.5) is 17.3 Å². The number of hydrogen-bond donors (Lipinski definition) is 2. The molecule has 1 atom stereocenters. The van der Waals surface area contributed by atoms with Crippen LogP contribution in [0.3, 0.4) is 0 Å². The Morgan fingerprint density at radius 3 is 2.21 bits per heavy atom. The summed E-state index contributed by atoms with van der Waals surface area (Å²) in [6, 6.07) is 0. The molecule has 0 radical (unpaired) electrons. The van der Waals surface area contributed by atoms with Crippen molar-refractivity contribution in [1.29, 1.82) is 0 Å². The van der Waals surface area contributed by atoms with Crippen LogP contribution in [0, 0.1) is 19.8 Å². The zero-order valence-electron chi connectivity index (χ0n) is 17.3. The molecule has 0 bridgehead atoms. The van der Waals surface area contributed by atoms with Crippen molar-refractivity contribution in [2.24, 2.45) is 5.92 Å². The van der Waals surface area contributed by atoms with Crippen molar-refractivity contribution >= 4 is 19.0 Å². The molecule has 1 unspecified atom stereocenters. The minimum atomic E-state index is -6.00. The molecule has 2 heterocycles. The molecule has 1 aliphatic heterocycles. The van der Waals surface area contributed by atoms with E-state index in [1.165, 1.54) is 76.1 Å². The predicted octanol–water partition coefficient (Wildman–Crippen LogP) is 5.20. The number of nitrogens with one attached hydrogen (secondary N) is 2. The maximum Gasteiger partial charge on any atom is 0.673 e. The van der Waals surface area contributed by atoms with Gasteiger partial charge in [0, 0.05) is 28.6 Å². The molecule has 4 rings (SSSR count). The third kappa shape index (κ3) is 5.00. The first kappa shape index (κ1) is 21.4. The molecule has 0 spiro atoms. The number of rotatable bonds is 1. The van der Waals surface area contributed by atoms with E-state index in [2.05, 4.69) is 62.2 Å². The van der Waals surface area contributed by atoms with E-state index in [4.69, 9.17) is 0 Å². The average molecular weight is 406 g/mol. The van der Waals surface area contributed by atoms with Crippen LogP contribution in [0.25, 0.3) is 5.57 Å². The fourth-order valence-electron chi connectivity index (χ4n) is 4.21. The first-order chi connectivity index (χ1) is 13.5. The first-order valence-corrected chi connectivity index (χ1v) is 9.99. The Labute approximate surface area is 169 Å². The summed E-state index contributed by atoms with van der Waals surface area (Å²) >= 11 is 0. The highest BCUT2D eigenvalue weighted by molar-refractivity contribution is 6.50. The zero-order chi connectivity index (χ0) is 21.3. The van der Waals surface area contributed by atoms with Gasteiger partial charge in [-0.1, -0.05) is 6.08 Å². The van der Waals surface area contributed by atoms with Crippen LogP contribution in [0.15, 0.2) is 46.3 Å². The van der Waals surface area contributed by atoms with E-state index in [1.54, 1.807) is 0 Å². The highest BCUT2D eigenvalue weighted by Gasteiger charge is 2.28. The van der Waals surface area contributed by atoms with Crippen molar-refractivity contribution in [2.45, 2.75) is 53.4 Å². The lowest BCUT2D eigenvalue weighted by molar-refractivity contribution is -0.383. The molecule has 0 saturated heterocycles. The second kappa shape index (κ2) is 8.21. The fourth-order valence-corrected chi connectivity index (χ4v) is 4.21. The van der Waals surface area contributed by atoms with Crippen LogP contribution >= 0.6 is 0 Å². The number of aromatic nitrogens is 1. The number of hydrogen-bond acceptors (Lipinski definition) is 0. The minimum Gasteiger partial charge on any atom is -0.418 e. The summed E-state index contributed by atoms with van der Waals surface area (Å²) in [5.74, 6) is 0.741. The Bertz CT molecular complexity index is 952. The normalized spacial score (nSPS) is 24.1. The summed E-state index contributed by atoms with van der Waals surface area (Å²) < 4.78 is 39.0. The van der Waals surface area contributed by atoms with E-state index in [-0.39, 0.29) is 0 Å². The number of aromatic amines is 1. The Morgan fingerprint density at radius 2 is 1.66 bits per heavy atom. The van der Waals surface area contributed by atoms with Gasteiger partial charge in [-0.05, 0) is 87.6 Å². The van der Waals surface area contributed by atoms with Crippen molar-refractivity contribution in [3.05, 3.63) is 63.2 Å². The van der Waals surface area contributed by atoms with E-state index in [1.807, 2.05) is 0 Å². The molecule has 1 aromatic rings. The van der Waals surface area contributed by atoms with E-state index < -0.39 is 7.25 Å². The Morgan fingerprint density at radius 1 is 1.00 bits per heavy atom. The summed E-state index contributed by atoms with van der Waals surface area (Å²) in [4.78, 5) is 6.97. The van der Waals surface area contributed by atoms with Crippen molar-refractivity contribution in [2.75, 3.05) is 0 Å². The van der Waals surface area contributed by atoms with Gasteiger partial charge in [0.25, 0.3) is 0 Å². The van der Waals surface area contributed by atoms with Gasteiger partial charge in [0.05, 0.1) is 0 Å². The molecule has 0 saturated carbocycles. The maximum atomic E-state index is 9.75. The van der Waals surface area contributed by atoms with Gasteiger partial charge in [-0.2, -0.15) is 0 Å². The van der Waals surface area contributed by atoms with E-state index >= 15 is 0 Å². The molecule has 2 nitrogen and oxygen atoms in total. The molecular weight excluding hydrogens is 379 g/mol. The van der Waals surface area contributed by atoms with Gasteiger partial charge < -0.3 is 22.2 Å². The molecule has 1 aromatic heterocycles. The Balaban J connectivity index is 0.000000431. The summed E-state index contributed by atoms with van der Waals surface area (Å²) in [6.07, 6.45) is 14.1. The largest absolute Gasteiger partial charge is 0.673 e. The quantitative estimate of drug-likeness (QED) is 0.475. The molecule has 0 fully saturated rings. The summed E-state index contributed by atoms with van der Waals surface area (Å²) in [6.45, 7) is 8.82. The minimum absolute atomic E-state index is 0.741. The van der Waals surface area contributed by atoms with Gasteiger partial charge >= 0.3 is 7.25 Å². The summed E-state index contributed by atoms with van der Waals surface area (Å²) in [5.41, 5.74) is 12.7. The van der Waals surface area contributed by atoms with Crippen LogP contribution in [0.2, 0.25) is 0 Å². The second-order valence-corrected chi connectivity index (χ2v) is 8.05. The fraction of sp³-hybridized carbons (Fsp3) is 0.409. The second-order valence-electron chi connectivity index (χ2n) is 8.05. The van der Waals surface area contributed by atoms with Crippen molar-refractivity contribution in [1.82, 2.24) is 4.98 Å². The highest BCUT2D eigenvalue weighted by atomic mass is 19.5. The van der Waals surface area contributed by atoms with Crippen molar-refractivity contribution in [3.63, 3.8) is 0 Å². The Hall–Kier alpha value is -2.31. The highest BCUT2D eigenvalue weighted by Crippen LogP contribution is 2.41. The molecule has 2 N–H and O–H groups in total. The van der Waals surface area contributed by atoms with Crippen LogP contribution in [0.1, 0.15) is 56.4 Å². The van der Waals surface area contributed by atoms with Gasteiger partial charge in [0.15, 0.2) is 6.21 Å². The molecule has 3 aliphatic rings. The van der Waals surface area contributed by atoms with Gasteiger partial charge in [-0.15, -0.1) is 0 Å². The molecule has 29 heavy (non-hydrogen) atoms. The summed E-state index contributed by atoms with van der Waals surface area (Å²) in [7, 11) is -6.00. The molecule has 7 heteroatoms. The Kier molecular flexibility index (Phi) is 6.06. The third-order valence-corrected chi connectivity index (χ3v) is 6.12. The monoisotopic (exact) mass is 406 g/mol. The first-order valence-electron chi connectivity index (χ1n) is 9.99. The predicted molar refractivity (Wildman–Crippen MR) is 111 cm³/mol. The molecule has 0 amide bonds. The number of halogens is 4. The number of aryl methyl sites for hydroxylation is 1. The lowest BCUT2D eigenvalue weighted by Crippen LogP contribution is -2.64. The summed E-state index contributed by atoms with van der Waals surface area (Å²) in [5, 5.41) is 0. The van der Waals surface area contributed by atoms with Crippen LogP contribution < -0.4 is 4.99 Å². The third-order valence-electron chi connectivity index (χ3n) is 6.12. The number of fused-ring (bicyclic) bond motifs is 1. The van der Waals surface area contributed by atoms with Gasteiger partial charge in [0.2, 0.25) is 5.70 Å². The van der Waals surface area contributed by atoms with Crippen LogP contribution in [-0.2, 0) is 0 Å². The van der Waals surface area contributed by atoms with Crippen molar-refractivity contribution in [3.8, 4) is 0 Å². The van der Waals surface area contributed by atoms with Gasteiger partial charge in [-0.25, -0.2) is 4.99 Å². The van der Waals surface area contributed by atoms with E-state index in [9.17, 15) is 17.3 Å². The topological polar surface area (TPSA) is 29.8 Å². The lowest BCUT2D eigenvalue weighted by atomic mass is 9.76. The molecular formula is C22H27BF4N2. The van der Waals surface area contributed by atoms with Gasteiger partial charge in [0.1, 0.15) is 0 Å². The van der Waals surface area contributed by atoms with E-state index in [0.29, 0.717) is 0 Å². The zero-order valence-corrected chi connectivity index (χ0v) is 17.3.